The first-order valence-corrected chi connectivity index (χ1v) is 7.96. The lowest BCUT2D eigenvalue weighted by atomic mass is 9.97. The lowest BCUT2D eigenvalue weighted by molar-refractivity contribution is 0.415. The second kappa shape index (κ2) is 5.26. The topological polar surface area (TPSA) is 59.4 Å². The number of aromatic nitrogens is 3. The average Bonchev–Trinajstić information content (AvgIpc) is 2.92. The molecule has 2 heterocycles. The second-order valence-corrected chi connectivity index (χ2v) is 6.05. The maximum Gasteiger partial charge on any atom is 0.276 e. The molecular formula is C18H19N3O2. The predicted octanol–water partition coefficient (Wildman–Crippen LogP) is 2.89. The molecule has 0 saturated heterocycles. The third-order valence-corrected chi connectivity index (χ3v) is 4.61. The maximum atomic E-state index is 12.7. The van der Waals surface area contributed by atoms with Crippen molar-refractivity contribution in [3.63, 3.8) is 0 Å². The second-order valence-electron chi connectivity index (χ2n) is 6.05. The number of H-pyrrole nitrogens is 1. The number of hydrogen-bond donors (Lipinski definition) is 1. The van der Waals surface area contributed by atoms with Gasteiger partial charge in [-0.2, -0.15) is 0 Å². The fourth-order valence-corrected chi connectivity index (χ4v) is 3.42. The van der Waals surface area contributed by atoms with E-state index in [9.17, 15) is 4.79 Å². The smallest absolute Gasteiger partial charge is 0.276 e. The van der Waals surface area contributed by atoms with Crippen molar-refractivity contribution in [1.82, 2.24) is 14.6 Å². The molecule has 0 radical (unpaired) electrons. The molecule has 5 nitrogen and oxygen atoms in total. The van der Waals surface area contributed by atoms with Gasteiger partial charge in [0.15, 0.2) is 5.65 Å². The van der Waals surface area contributed by atoms with E-state index in [2.05, 4.69) is 5.10 Å². The molecule has 2 aromatic heterocycles. The predicted molar refractivity (Wildman–Crippen MR) is 89.2 cm³/mol. The van der Waals surface area contributed by atoms with Crippen molar-refractivity contribution in [2.75, 3.05) is 7.11 Å². The van der Waals surface area contributed by atoms with Crippen LogP contribution in [0.5, 0.6) is 5.75 Å². The molecule has 0 unspecified atom stereocenters. The summed E-state index contributed by atoms with van der Waals surface area (Å²) in [7, 11) is 1.65. The van der Waals surface area contributed by atoms with Gasteiger partial charge < -0.3 is 4.74 Å². The Hall–Kier alpha value is -2.56. The number of nitrogens with zero attached hydrogens (tertiary/aromatic N) is 2. The molecule has 0 saturated carbocycles. The summed E-state index contributed by atoms with van der Waals surface area (Å²) in [6, 6.07) is 7.85. The fraction of sp³-hybridized carbons (Fsp3) is 0.333. The third kappa shape index (κ3) is 2.15. The van der Waals surface area contributed by atoms with Gasteiger partial charge in [0.25, 0.3) is 5.56 Å². The molecule has 0 fully saturated rings. The Labute approximate surface area is 133 Å². The Morgan fingerprint density at radius 2 is 1.91 bits per heavy atom. The van der Waals surface area contributed by atoms with Crippen LogP contribution in [-0.2, 0) is 12.8 Å². The molecule has 0 spiro atoms. The number of hydrogen-bond acceptors (Lipinski definition) is 3. The lowest BCUT2D eigenvalue weighted by Gasteiger charge is -2.13. The van der Waals surface area contributed by atoms with Gasteiger partial charge in [-0.15, -0.1) is 0 Å². The summed E-state index contributed by atoms with van der Waals surface area (Å²) in [5.41, 5.74) is 5.57. The summed E-state index contributed by atoms with van der Waals surface area (Å²) in [6.45, 7) is 1.98. The minimum atomic E-state index is 0.0487. The van der Waals surface area contributed by atoms with Crippen LogP contribution in [0.1, 0.15) is 29.8 Å². The number of methoxy groups -OCH3 is 1. The molecule has 1 N–H and O–H groups in total. The van der Waals surface area contributed by atoms with Crippen molar-refractivity contribution >= 4 is 5.65 Å². The van der Waals surface area contributed by atoms with Crippen molar-refractivity contribution in [1.29, 1.82) is 0 Å². The van der Waals surface area contributed by atoms with Gasteiger partial charge >= 0.3 is 0 Å². The van der Waals surface area contributed by atoms with Crippen LogP contribution in [0.4, 0.5) is 0 Å². The summed E-state index contributed by atoms with van der Waals surface area (Å²) in [6.07, 6.45) is 3.91. The highest BCUT2D eigenvalue weighted by atomic mass is 16.5. The monoisotopic (exact) mass is 309 g/mol. The van der Waals surface area contributed by atoms with Crippen molar-refractivity contribution in [3.05, 3.63) is 51.6 Å². The summed E-state index contributed by atoms with van der Waals surface area (Å²) in [5, 5.41) is 3.18. The van der Waals surface area contributed by atoms with E-state index in [-0.39, 0.29) is 5.56 Å². The van der Waals surface area contributed by atoms with Crippen LogP contribution in [0.25, 0.3) is 16.8 Å². The van der Waals surface area contributed by atoms with E-state index in [0.717, 1.165) is 65.2 Å². The van der Waals surface area contributed by atoms with Crippen LogP contribution in [-0.4, -0.2) is 21.7 Å². The number of aromatic amines is 1. The molecule has 0 bridgehead atoms. The largest absolute Gasteiger partial charge is 0.497 e. The van der Waals surface area contributed by atoms with E-state index in [0.29, 0.717) is 0 Å². The normalized spacial score (nSPS) is 14.0. The van der Waals surface area contributed by atoms with Crippen molar-refractivity contribution in [3.8, 4) is 16.9 Å². The number of ether oxygens (including phenoxy) is 1. The fourth-order valence-electron chi connectivity index (χ4n) is 3.42. The van der Waals surface area contributed by atoms with Gasteiger partial charge in [0, 0.05) is 16.8 Å². The quantitative estimate of drug-likeness (QED) is 0.792. The zero-order valence-corrected chi connectivity index (χ0v) is 13.3. The van der Waals surface area contributed by atoms with E-state index in [4.69, 9.17) is 9.72 Å². The summed E-state index contributed by atoms with van der Waals surface area (Å²) in [5.74, 6) is 0.814. The Morgan fingerprint density at radius 1 is 1.17 bits per heavy atom. The number of fused-ring (bicyclic) bond motifs is 2. The Balaban J connectivity index is 1.97. The molecule has 3 aromatic rings. The van der Waals surface area contributed by atoms with E-state index in [1.165, 1.54) is 0 Å². The van der Waals surface area contributed by atoms with Crippen LogP contribution >= 0.6 is 0 Å². The first kappa shape index (κ1) is 14.1. The summed E-state index contributed by atoms with van der Waals surface area (Å²) < 4.78 is 6.82. The van der Waals surface area contributed by atoms with Gasteiger partial charge in [0.1, 0.15) is 5.75 Å². The van der Waals surface area contributed by atoms with Gasteiger partial charge in [-0.05, 0) is 50.3 Å². The molecule has 118 valence electrons. The Kier molecular flexibility index (Phi) is 3.22. The van der Waals surface area contributed by atoms with Crippen LogP contribution in [0.2, 0.25) is 0 Å². The Morgan fingerprint density at radius 3 is 2.65 bits per heavy atom. The van der Waals surface area contributed by atoms with Crippen LogP contribution in [0, 0.1) is 6.92 Å². The highest BCUT2D eigenvalue weighted by molar-refractivity contribution is 5.80. The third-order valence-electron chi connectivity index (χ3n) is 4.61. The zero-order valence-electron chi connectivity index (χ0n) is 13.3. The summed E-state index contributed by atoms with van der Waals surface area (Å²) in [4.78, 5) is 17.6. The molecule has 0 aliphatic heterocycles. The lowest BCUT2D eigenvalue weighted by Crippen LogP contribution is -2.25. The number of benzene rings is 1. The molecule has 5 heteroatoms. The standard InChI is InChI=1S/C18H19N3O2/c1-11-16(12-7-9-13(23-2)10-8-12)17-19-15-6-4-3-5-14(15)18(22)21(17)20-11/h7-10,20H,3-6H2,1-2H3. The first-order chi connectivity index (χ1) is 11.2. The van der Waals surface area contributed by atoms with E-state index in [1.807, 2.05) is 31.2 Å². The molecule has 1 aliphatic carbocycles. The van der Waals surface area contributed by atoms with Gasteiger partial charge in [-0.1, -0.05) is 12.1 Å². The van der Waals surface area contributed by atoms with Crippen LogP contribution in [0.3, 0.4) is 0 Å². The highest BCUT2D eigenvalue weighted by Crippen LogP contribution is 2.29. The SMILES string of the molecule is COc1ccc(-c2c(C)[nH]n3c(=O)c4c(nc23)CCCC4)cc1. The van der Waals surface area contributed by atoms with E-state index in [1.54, 1.807) is 11.6 Å². The van der Waals surface area contributed by atoms with Crippen LogP contribution in [0.15, 0.2) is 29.1 Å². The van der Waals surface area contributed by atoms with E-state index < -0.39 is 0 Å². The Bertz CT molecular complexity index is 936. The van der Waals surface area contributed by atoms with Crippen molar-refractivity contribution in [2.45, 2.75) is 32.6 Å². The summed E-state index contributed by atoms with van der Waals surface area (Å²) >= 11 is 0. The maximum absolute atomic E-state index is 12.7. The molecule has 23 heavy (non-hydrogen) atoms. The molecule has 0 amide bonds. The number of nitrogens with one attached hydrogen (secondary N) is 1. The molecule has 4 rings (SSSR count). The minimum absolute atomic E-state index is 0.0487. The van der Waals surface area contributed by atoms with Gasteiger partial charge in [0.2, 0.25) is 0 Å². The molecule has 1 aliphatic rings. The average molecular weight is 309 g/mol. The van der Waals surface area contributed by atoms with Crippen molar-refractivity contribution in [2.24, 2.45) is 0 Å². The van der Waals surface area contributed by atoms with Gasteiger partial charge in [-0.25, -0.2) is 9.50 Å². The first-order valence-electron chi connectivity index (χ1n) is 7.96. The molecule has 0 atom stereocenters. The minimum Gasteiger partial charge on any atom is -0.497 e. The molecular weight excluding hydrogens is 290 g/mol. The van der Waals surface area contributed by atoms with Crippen LogP contribution < -0.4 is 10.3 Å². The van der Waals surface area contributed by atoms with E-state index >= 15 is 0 Å². The van der Waals surface area contributed by atoms with Crippen molar-refractivity contribution < 1.29 is 4.74 Å². The number of aryl methyl sites for hydroxylation is 2. The zero-order chi connectivity index (χ0) is 16.0. The number of rotatable bonds is 2. The molecule has 1 aromatic carbocycles. The van der Waals surface area contributed by atoms with Gasteiger partial charge in [0.05, 0.1) is 12.8 Å². The van der Waals surface area contributed by atoms with Gasteiger partial charge in [-0.3, -0.25) is 9.89 Å². The highest BCUT2D eigenvalue weighted by Gasteiger charge is 2.20.